The molecule has 156 valence electrons. The molecule has 0 bridgehead atoms. The van der Waals surface area contributed by atoms with E-state index in [0.717, 1.165) is 59.3 Å². The molecule has 6 heteroatoms. The Hall–Kier alpha value is -2.73. The van der Waals surface area contributed by atoms with E-state index in [9.17, 15) is 0 Å². The SMILES string of the molecule is Clc1ccc(-c2csc3ncnc(N4CCN(C/C=C/c5ccccc5)CC4)c23)cc1. The third-order valence-corrected chi connectivity index (χ3v) is 6.79. The standard InChI is InChI=1S/C25H23ClN4S/c26-21-10-8-20(9-11-21)22-17-31-25-23(22)24(27-18-28-25)30-15-13-29(14-16-30)12-4-7-19-5-2-1-3-6-19/h1-11,17-18H,12-16H2/b7-4+. The van der Waals surface area contributed by atoms with Gasteiger partial charge >= 0.3 is 0 Å². The minimum Gasteiger partial charge on any atom is -0.353 e. The normalized spacial score (nSPS) is 15.2. The highest BCUT2D eigenvalue weighted by atomic mass is 35.5. The Balaban J connectivity index is 1.31. The lowest BCUT2D eigenvalue weighted by Crippen LogP contribution is -2.46. The summed E-state index contributed by atoms with van der Waals surface area (Å²) in [5, 5.41) is 4.07. The summed E-state index contributed by atoms with van der Waals surface area (Å²) in [5.74, 6) is 1.04. The summed E-state index contributed by atoms with van der Waals surface area (Å²) in [6.07, 6.45) is 6.14. The second-order valence-corrected chi connectivity index (χ2v) is 8.93. The fourth-order valence-corrected chi connectivity index (χ4v) is 5.02. The number of aromatic nitrogens is 2. The van der Waals surface area contributed by atoms with Crippen molar-refractivity contribution < 1.29 is 0 Å². The Morgan fingerprint density at radius 2 is 1.71 bits per heavy atom. The summed E-state index contributed by atoms with van der Waals surface area (Å²) in [5.41, 5.74) is 3.58. The van der Waals surface area contributed by atoms with Gasteiger partial charge in [-0.15, -0.1) is 11.3 Å². The summed E-state index contributed by atoms with van der Waals surface area (Å²) in [7, 11) is 0. The molecule has 1 saturated heterocycles. The minimum atomic E-state index is 0.747. The van der Waals surface area contributed by atoms with E-state index >= 15 is 0 Å². The largest absolute Gasteiger partial charge is 0.353 e. The van der Waals surface area contributed by atoms with Crippen LogP contribution >= 0.6 is 22.9 Å². The van der Waals surface area contributed by atoms with Crippen molar-refractivity contribution in [3.63, 3.8) is 0 Å². The van der Waals surface area contributed by atoms with Crippen molar-refractivity contribution >= 4 is 45.0 Å². The zero-order valence-electron chi connectivity index (χ0n) is 17.1. The van der Waals surface area contributed by atoms with Crippen LogP contribution in [0.15, 0.2) is 72.4 Å². The van der Waals surface area contributed by atoms with Crippen molar-refractivity contribution in [3.05, 3.63) is 83.0 Å². The number of benzene rings is 2. The van der Waals surface area contributed by atoms with Crippen molar-refractivity contribution in [2.24, 2.45) is 0 Å². The first kappa shape index (κ1) is 20.2. The Kier molecular flexibility index (Phi) is 5.98. The van der Waals surface area contributed by atoms with Gasteiger partial charge in [-0.3, -0.25) is 4.90 Å². The van der Waals surface area contributed by atoms with Gasteiger partial charge in [0.15, 0.2) is 0 Å². The zero-order chi connectivity index (χ0) is 21.0. The number of halogens is 1. The number of thiophene rings is 1. The molecule has 1 aliphatic rings. The first-order chi connectivity index (χ1) is 15.3. The van der Waals surface area contributed by atoms with Crippen LogP contribution in [0.25, 0.3) is 27.4 Å². The molecule has 3 heterocycles. The van der Waals surface area contributed by atoms with Crippen LogP contribution in [0.4, 0.5) is 5.82 Å². The second kappa shape index (κ2) is 9.18. The zero-order valence-corrected chi connectivity index (χ0v) is 18.7. The summed E-state index contributed by atoms with van der Waals surface area (Å²) in [6, 6.07) is 18.5. The molecule has 0 spiro atoms. The van der Waals surface area contributed by atoms with Gasteiger partial charge in [0.25, 0.3) is 0 Å². The van der Waals surface area contributed by atoms with Gasteiger partial charge in [-0.1, -0.05) is 66.2 Å². The number of rotatable bonds is 5. The van der Waals surface area contributed by atoms with Crippen molar-refractivity contribution in [2.75, 3.05) is 37.6 Å². The Labute approximate surface area is 191 Å². The van der Waals surface area contributed by atoms with Crippen LogP contribution in [0.1, 0.15) is 5.56 Å². The van der Waals surface area contributed by atoms with Gasteiger partial charge in [0.05, 0.1) is 5.39 Å². The van der Waals surface area contributed by atoms with E-state index in [1.54, 1.807) is 17.7 Å². The molecule has 2 aromatic carbocycles. The maximum Gasteiger partial charge on any atom is 0.141 e. The number of nitrogens with zero attached hydrogens (tertiary/aromatic N) is 4. The van der Waals surface area contributed by atoms with E-state index in [2.05, 4.69) is 68.7 Å². The molecule has 0 saturated carbocycles. The second-order valence-electron chi connectivity index (χ2n) is 7.63. The van der Waals surface area contributed by atoms with Crippen LogP contribution in [0, 0.1) is 0 Å². The predicted molar refractivity (Wildman–Crippen MR) is 132 cm³/mol. The summed E-state index contributed by atoms with van der Waals surface area (Å²) >= 11 is 7.76. The Morgan fingerprint density at radius 3 is 2.48 bits per heavy atom. The fourth-order valence-electron chi connectivity index (χ4n) is 3.99. The molecule has 5 rings (SSSR count). The van der Waals surface area contributed by atoms with Gasteiger partial charge < -0.3 is 4.90 Å². The number of anilines is 1. The Bertz CT molecular complexity index is 1180. The summed E-state index contributed by atoms with van der Waals surface area (Å²) < 4.78 is 0. The highest BCUT2D eigenvalue weighted by molar-refractivity contribution is 7.17. The maximum atomic E-state index is 6.09. The van der Waals surface area contributed by atoms with E-state index in [1.165, 1.54) is 11.1 Å². The molecule has 0 atom stereocenters. The third kappa shape index (κ3) is 4.49. The minimum absolute atomic E-state index is 0.747. The lowest BCUT2D eigenvalue weighted by molar-refractivity contribution is 0.284. The highest BCUT2D eigenvalue weighted by Crippen LogP contribution is 2.38. The average Bonchev–Trinajstić information content (AvgIpc) is 3.25. The molecular weight excluding hydrogens is 424 g/mol. The van der Waals surface area contributed by atoms with Crippen molar-refractivity contribution in [2.45, 2.75) is 0 Å². The maximum absolute atomic E-state index is 6.09. The molecule has 4 nitrogen and oxygen atoms in total. The average molecular weight is 447 g/mol. The first-order valence-corrected chi connectivity index (χ1v) is 11.7. The molecule has 0 aliphatic carbocycles. The number of fused-ring (bicyclic) bond motifs is 1. The van der Waals surface area contributed by atoms with Crippen LogP contribution in [0.5, 0.6) is 0 Å². The van der Waals surface area contributed by atoms with E-state index in [0.29, 0.717) is 0 Å². The topological polar surface area (TPSA) is 32.3 Å². The molecule has 1 fully saturated rings. The van der Waals surface area contributed by atoms with Gasteiger partial charge in [0, 0.05) is 48.7 Å². The van der Waals surface area contributed by atoms with Crippen LogP contribution in [-0.2, 0) is 0 Å². The highest BCUT2D eigenvalue weighted by Gasteiger charge is 2.22. The number of hydrogen-bond acceptors (Lipinski definition) is 5. The smallest absolute Gasteiger partial charge is 0.141 e. The van der Waals surface area contributed by atoms with Gasteiger partial charge in [-0.2, -0.15) is 0 Å². The molecule has 4 aromatic rings. The Morgan fingerprint density at radius 1 is 0.935 bits per heavy atom. The van der Waals surface area contributed by atoms with Gasteiger partial charge in [-0.25, -0.2) is 9.97 Å². The monoisotopic (exact) mass is 446 g/mol. The summed E-state index contributed by atoms with van der Waals surface area (Å²) in [6.45, 7) is 4.93. The third-order valence-electron chi connectivity index (χ3n) is 5.65. The van der Waals surface area contributed by atoms with Crippen LogP contribution in [0.2, 0.25) is 5.02 Å². The van der Waals surface area contributed by atoms with Gasteiger partial charge in [0.2, 0.25) is 0 Å². The van der Waals surface area contributed by atoms with Crippen molar-refractivity contribution in [1.82, 2.24) is 14.9 Å². The first-order valence-electron chi connectivity index (χ1n) is 10.4. The lowest BCUT2D eigenvalue weighted by Gasteiger charge is -2.35. The fraction of sp³-hybridized carbons (Fsp3) is 0.200. The molecule has 0 radical (unpaired) electrons. The predicted octanol–water partition coefficient (Wildman–Crippen LogP) is 5.85. The van der Waals surface area contributed by atoms with E-state index < -0.39 is 0 Å². The summed E-state index contributed by atoms with van der Waals surface area (Å²) in [4.78, 5) is 15.1. The molecule has 0 N–H and O–H groups in total. The number of piperazine rings is 1. The molecule has 31 heavy (non-hydrogen) atoms. The lowest BCUT2D eigenvalue weighted by atomic mass is 10.1. The van der Waals surface area contributed by atoms with Crippen LogP contribution in [-0.4, -0.2) is 47.6 Å². The van der Waals surface area contributed by atoms with Crippen LogP contribution in [0.3, 0.4) is 0 Å². The quantitative estimate of drug-likeness (QED) is 0.385. The van der Waals surface area contributed by atoms with E-state index in [4.69, 9.17) is 16.6 Å². The van der Waals surface area contributed by atoms with E-state index in [1.807, 2.05) is 18.2 Å². The van der Waals surface area contributed by atoms with Crippen molar-refractivity contribution in [3.8, 4) is 11.1 Å². The van der Waals surface area contributed by atoms with Gasteiger partial charge in [0.1, 0.15) is 17.0 Å². The van der Waals surface area contributed by atoms with Crippen molar-refractivity contribution in [1.29, 1.82) is 0 Å². The molecule has 1 aliphatic heterocycles. The molecule has 0 amide bonds. The molecule has 2 aromatic heterocycles. The molecular formula is C25H23ClN4S. The molecule has 0 unspecified atom stereocenters. The van der Waals surface area contributed by atoms with Gasteiger partial charge in [-0.05, 0) is 23.3 Å². The van der Waals surface area contributed by atoms with E-state index in [-0.39, 0.29) is 0 Å². The number of hydrogen-bond donors (Lipinski definition) is 0. The van der Waals surface area contributed by atoms with Crippen LogP contribution < -0.4 is 4.90 Å².